The zero-order chi connectivity index (χ0) is 18.5. The van der Waals surface area contributed by atoms with Crippen LogP contribution >= 0.6 is 11.8 Å². The van der Waals surface area contributed by atoms with Crippen LogP contribution in [-0.2, 0) is 4.79 Å². The summed E-state index contributed by atoms with van der Waals surface area (Å²) in [7, 11) is 0. The number of carbonyl (C=O) groups excluding carboxylic acids is 1. The van der Waals surface area contributed by atoms with E-state index in [9.17, 15) is 9.18 Å². The van der Waals surface area contributed by atoms with Crippen LogP contribution in [0.3, 0.4) is 0 Å². The highest BCUT2D eigenvalue weighted by Crippen LogP contribution is 2.25. The summed E-state index contributed by atoms with van der Waals surface area (Å²) >= 11 is 1.48. The Kier molecular flexibility index (Phi) is 5.68. The number of rotatable bonds is 6. The number of anilines is 1. The summed E-state index contributed by atoms with van der Waals surface area (Å²) in [5.41, 5.74) is 2.96. The smallest absolute Gasteiger partial charge is 0.322 e. The van der Waals surface area contributed by atoms with Gasteiger partial charge in [-0.1, -0.05) is 22.8 Å². The van der Waals surface area contributed by atoms with E-state index in [0.717, 1.165) is 21.6 Å². The van der Waals surface area contributed by atoms with Crippen molar-refractivity contribution < 1.29 is 13.6 Å². The van der Waals surface area contributed by atoms with Crippen molar-refractivity contribution in [3.8, 4) is 11.5 Å². The Labute approximate surface area is 155 Å². The van der Waals surface area contributed by atoms with Crippen molar-refractivity contribution in [2.45, 2.75) is 25.2 Å². The molecule has 7 heteroatoms. The molecule has 1 aromatic heterocycles. The van der Waals surface area contributed by atoms with Crippen LogP contribution in [-0.4, -0.2) is 21.9 Å². The summed E-state index contributed by atoms with van der Waals surface area (Å²) in [4.78, 5) is 12.9. The zero-order valence-corrected chi connectivity index (χ0v) is 15.3. The van der Waals surface area contributed by atoms with Gasteiger partial charge in [0.15, 0.2) is 0 Å². The van der Waals surface area contributed by atoms with Crippen molar-refractivity contribution in [3.05, 3.63) is 59.4 Å². The molecule has 0 spiro atoms. The number of aromatic nitrogens is 2. The normalized spacial score (nSPS) is 10.7. The maximum Gasteiger partial charge on any atom is 0.322 e. The molecule has 1 amide bonds. The van der Waals surface area contributed by atoms with Gasteiger partial charge >= 0.3 is 6.01 Å². The van der Waals surface area contributed by atoms with Crippen LogP contribution in [0, 0.1) is 19.7 Å². The van der Waals surface area contributed by atoms with E-state index >= 15 is 0 Å². The minimum absolute atomic E-state index is 0.0812. The third kappa shape index (κ3) is 4.70. The lowest BCUT2D eigenvalue weighted by Crippen LogP contribution is -2.12. The molecule has 3 aromatic rings. The number of carbonyl (C=O) groups is 1. The lowest BCUT2D eigenvalue weighted by molar-refractivity contribution is -0.115. The summed E-state index contributed by atoms with van der Waals surface area (Å²) in [6.07, 6.45) is 0.281. The molecule has 0 saturated carbocycles. The maximum absolute atomic E-state index is 12.9. The molecule has 0 aliphatic carbocycles. The zero-order valence-electron chi connectivity index (χ0n) is 14.5. The van der Waals surface area contributed by atoms with E-state index in [1.54, 1.807) is 12.1 Å². The Morgan fingerprint density at radius 1 is 1.15 bits per heavy atom. The minimum Gasteiger partial charge on any atom is -0.403 e. The minimum atomic E-state index is -0.275. The molecule has 0 atom stereocenters. The fourth-order valence-corrected chi connectivity index (χ4v) is 3.17. The van der Waals surface area contributed by atoms with Crippen molar-refractivity contribution in [3.63, 3.8) is 0 Å². The molecule has 0 saturated heterocycles. The number of thioether (sulfide) groups is 1. The van der Waals surface area contributed by atoms with Crippen molar-refractivity contribution in [1.29, 1.82) is 0 Å². The second kappa shape index (κ2) is 8.14. The van der Waals surface area contributed by atoms with Gasteiger partial charge in [0, 0.05) is 22.6 Å². The number of hydrogen-bond donors (Lipinski definition) is 1. The Morgan fingerprint density at radius 3 is 2.69 bits per heavy atom. The van der Waals surface area contributed by atoms with Gasteiger partial charge in [-0.15, -0.1) is 16.9 Å². The lowest BCUT2D eigenvalue weighted by Gasteiger charge is -2.03. The average molecular weight is 371 g/mol. The fraction of sp³-hybridized carbons (Fsp3) is 0.211. The predicted octanol–water partition coefficient (Wildman–Crippen LogP) is 4.61. The summed E-state index contributed by atoms with van der Waals surface area (Å²) in [6, 6.07) is 12.2. The van der Waals surface area contributed by atoms with E-state index in [1.807, 2.05) is 32.0 Å². The molecule has 1 heterocycles. The number of hydrogen-bond acceptors (Lipinski definition) is 5. The van der Waals surface area contributed by atoms with Gasteiger partial charge in [-0.3, -0.25) is 10.1 Å². The number of nitrogens with zero attached hydrogens (tertiary/aromatic N) is 2. The number of nitrogens with one attached hydrogen (secondary N) is 1. The van der Waals surface area contributed by atoms with Gasteiger partial charge in [0.2, 0.25) is 11.8 Å². The van der Waals surface area contributed by atoms with E-state index in [2.05, 4.69) is 15.5 Å². The van der Waals surface area contributed by atoms with Gasteiger partial charge in [-0.2, -0.15) is 0 Å². The SMILES string of the molecule is Cc1ccc(C)c(-c2nnc(NC(=O)CCSc3ccc(F)cc3)o2)c1. The quantitative estimate of drug-likeness (QED) is 0.641. The third-order valence-corrected chi connectivity index (χ3v) is 4.72. The molecule has 5 nitrogen and oxygen atoms in total. The summed E-state index contributed by atoms with van der Waals surface area (Å²) in [6.45, 7) is 3.95. The van der Waals surface area contributed by atoms with Crippen LogP contribution in [0.2, 0.25) is 0 Å². The number of benzene rings is 2. The van der Waals surface area contributed by atoms with Crippen LogP contribution in [0.15, 0.2) is 51.8 Å². The first-order chi connectivity index (χ1) is 12.5. The highest BCUT2D eigenvalue weighted by Gasteiger charge is 2.13. The molecule has 0 radical (unpaired) electrons. The van der Waals surface area contributed by atoms with Crippen LogP contribution < -0.4 is 5.32 Å². The number of halogens is 1. The molecule has 0 aliphatic heterocycles. The Balaban J connectivity index is 1.54. The van der Waals surface area contributed by atoms with Crippen LogP contribution in [0.1, 0.15) is 17.5 Å². The predicted molar refractivity (Wildman–Crippen MR) is 99.6 cm³/mol. The van der Waals surface area contributed by atoms with Gasteiger partial charge in [-0.25, -0.2) is 4.39 Å². The summed E-state index contributed by atoms with van der Waals surface area (Å²) in [5.74, 6) is 0.455. The Hall–Kier alpha value is -2.67. The van der Waals surface area contributed by atoms with Gasteiger partial charge in [0.1, 0.15) is 5.82 Å². The first kappa shape index (κ1) is 18.1. The van der Waals surface area contributed by atoms with Crippen LogP contribution in [0.25, 0.3) is 11.5 Å². The van der Waals surface area contributed by atoms with Gasteiger partial charge in [-0.05, 0) is 49.7 Å². The standard InChI is InChI=1S/C19H18FN3O2S/c1-12-3-4-13(2)16(11-12)18-22-23-19(25-18)21-17(24)9-10-26-15-7-5-14(20)6-8-15/h3-8,11H,9-10H2,1-2H3,(H,21,23,24). The molecule has 0 aliphatic rings. The summed E-state index contributed by atoms with van der Waals surface area (Å²) in [5, 5.41) is 10.5. The molecular weight excluding hydrogens is 353 g/mol. The van der Waals surface area contributed by atoms with Crippen molar-refractivity contribution in [2.75, 3.05) is 11.1 Å². The van der Waals surface area contributed by atoms with Crippen molar-refractivity contribution in [2.24, 2.45) is 0 Å². The van der Waals surface area contributed by atoms with Gasteiger partial charge in [0.05, 0.1) is 0 Å². The van der Waals surface area contributed by atoms with Gasteiger partial charge < -0.3 is 4.42 Å². The highest BCUT2D eigenvalue weighted by molar-refractivity contribution is 7.99. The largest absolute Gasteiger partial charge is 0.403 e. The molecule has 134 valence electrons. The fourth-order valence-electron chi connectivity index (χ4n) is 2.32. The summed E-state index contributed by atoms with van der Waals surface area (Å²) < 4.78 is 18.4. The second-order valence-corrected chi connectivity index (χ2v) is 7.00. The first-order valence-corrected chi connectivity index (χ1v) is 9.09. The number of amides is 1. The Bertz CT molecular complexity index is 909. The lowest BCUT2D eigenvalue weighted by atomic mass is 10.1. The highest BCUT2D eigenvalue weighted by atomic mass is 32.2. The van der Waals surface area contributed by atoms with E-state index < -0.39 is 0 Å². The molecule has 0 unspecified atom stereocenters. The van der Waals surface area contributed by atoms with E-state index in [-0.39, 0.29) is 24.2 Å². The molecule has 26 heavy (non-hydrogen) atoms. The molecule has 0 bridgehead atoms. The maximum atomic E-state index is 12.9. The first-order valence-electron chi connectivity index (χ1n) is 8.10. The van der Waals surface area contributed by atoms with E-state index in [4.69, 9.17) is 4.42 Å². The van der Waals surface area contributed by atoms with Crippen molar-refractivity contribution in [1.82, 2.24) is 10.2 Å². The van der Waals surface area contributed by atoms with Crippen LogP contribution in [0.5, 0.6) is 0 Å². The van der Waals surface area contributed by atoms with E-state index in [0.29, 0.717) is 11.6 Å². The third-order valence-electron chi connectivity index (χ3n) is 3.71. The molecule has 1 N–H and O–H groups in total. The second-order valence-electron chi connectivity index (χ2n) is 5.83. The average Bonchev–Trinajstić information content (AvgIpc) is 3.07. The van der Waals surface area contributed by atoms with Gasteiger partial charge in [0.25, 0.3) is 0 Å². The Morgan fingerprint density at radius 2 is 1.92 bits per heavy atom. The number of aryl methyl sites for hydroxylation is 2. The van der Waals surface area contributed by atoms with E-state index in [1.165, 1.54) is 23.9 Å². The topological polar surface area (TPSA) is 68.0 Å². The molecule has 2 aromatic carbocycles. The van der Waals surface area contributed by atoms with Crippen LogP contribution in [0.4, 0.5) is 10.4 Å². The molecule has 0 fully saturated rings. The monoisotopic (exact) mass is 371 g/mol. The molecule has 3 rings (SSSR count). The van der Waals surface area contributed by atoms with Crippen molar-refractivity contribution >= 4 is 23.7 Å². The molecular formula is C19H18FN3O2S.